The molecular formula is C22H18FN3O5. The van der Waals surface area contributed by atoms with Crippen molar-refractivity contribution in [2.75, 3.05) is 6.61 Å². The zero-order valence-corrected chi connectivity index (χ0v) is 16.6. The molecule has 0 saturated heterocycles. The zero-order chi connectivity index (χ0) is 21.8. The molecule has 2 aromatic carbocycles. The molecule has 4 aromatic rings. The largest absolute Gasteiger partial charge is 0.487 e. The number of hydrogen-bond donors (Lipinski definition) is 0. The SMILES string of the molecule is CCOC(=O)c1cc2ccc(OCc3cn(Cc4ccc(F)cc4)nn3)cc2oc1=O. The molecule has 0 atom stereocenters. The van der Waals surface area contributed by atoms with Crippen LogP contribution in [0.3, 0.4) is 0 Å². The number of halogens is 1. The Balaban J connectivity index is 1.44. The van der Waals surface area contributed by atoms with Crippen LogP contribution in [0.2, 0.25) is 0 Å². The topological polar surface area (TPSA) is 96.5 Å². The Labute approximate surface area is 175 Å². The molecule has 4 rings (SSSR count). The number of ether oxygens (including phenoxy) is 2. The zero-order valence-electron chi connectivity index (χ0n) is 16.6. The van der Waals surface area contributed by atoms with Crippen LogP contribution in [0.15, 0.2) is 63.9 Å². The lowest BCUT2D eigenvalue weighted by Crippen LogP contribution is -2.16. The lowest BCUT2D eigenvalue weighted by Gasteiger charge is -2.06. The summed E-state index contributed by atoms with van der Waals surface area (Å²) in [5.41, 5.74) is 0.856. The molecule has 2 heterocycles. The third kappa shape index (κ3) is 4.77. The summed E-state index contributed by atoms with van der Waals surface area (Å²) in [7, 11) is 0. The van der Waals surface area contributed by atoms with Crippen molar-refractivity contribution in [1.82, 2.24) is 15.0 Å². The third-order valence-electron chi connectivity index (χ3n) is 4.43. The predicted octanol–water partition coefficient (Wildman–Crippen LogP) is 3.33. The highest BCUT2D eigenvalue weighted by Crippen LogP contribution is 2.21. The van der Waals surface area contributed by atoms with Crippen molar-refractivity contribution in [1.29, 1.82) is 0 Å². The first-order valence-electron chi connectivity index (χ1n) is 9.53. The maximum atomic E-state index is 13.0. The van der Waals surface area contributed by atoms with Gasteiger partial charge in [0.2, 0.25) is 0 Å². The predicted molar refractivity (Wildman–Crippen MR) is 108 cm³/mol. The van der Waals surface area contributed by atoms with Gasteiger partial charge in [-0.3, -0.25) is 0 Å². The molecule has 0 aliphatic carbocycles. The van der Waals surface area contributed by atoms with E-state index in [4.69, 9.17) is 13.9 Å². The van der Waals surface area contributed by atoms with E-state index in [2.05, 4.69) is 10.3 Å². The first-order chi connectivity index (χ1) is 15.0. The molecule has 31 heavy (non-hydrogen) atoms. The molecule has 0 unspecified atom stereocenters. The molecular weight excluding hydrogens is 405 g/mol. The van der Waals surface area contributed by atoms with E-state index in [1.54, 1.807) is 48.1 Å². The highest BCUT2D eigenvalue weighted by Gasteiger charge is 2.15. The molecule has 0 spiro atoms. The number of carbonyl (C=O) groups excluding carboxylic acids is 1. The minimum absolute atomic E-state index is 0.152. The molecule has 2 aromatic heterocycles. The number of aromatic nitrogens is 3. The minimum atomic E-state index is -0.771. The first kappa shape index (κ1) is 20.3. The standard InChI is InChI=1S/C22H18FN3O5/c1-2-29-21(27)19-9-15-5-8-18(10-20(15)31-22(19)28)30-13-17-12-26(25-24-17)11-14-3-6-16(23)7-4-14/h3-10,12H,2,11,13H2,1H3. The highest BCUT2D eigenvalue weighted by atomic mass is 19.1. The fourth-order valence-corrected chi connectivity index (χ4v) is 2.95. The van der Waals surface area contributed by atoms with Crippen molar-refractivity contribution < 1.29 is 23.1 Å². The van der Waals surface area contributed by atoms with Gasteiger partial charge in [0, 0.05) is 11.5 Å². The third-order valence-corrected chi connectivity index (χ3v) is 4.43. The molecule has 0 aliphatic heterocycles. The summed E-state index contributed by atoms with van der Waals surface area (Å²) >= 11 is 0. The fourth-order valence-electron chi connectivity index (χ4n) is 2.95. The summed E-state index contributed by atoms with van der Waals surface area (Å²) in [6, 6.07) is 12.5. The van der Waals surface area contributed by atoms with Gasteiger partial charge in [0.15, 0.2) is 0 Å². The van der Waals surface area contributed by atoms with E-state index in [1.165, 1.54) is 18.2 Å². The Morgan fingerprint density at radius 1 is 1.16 bits per heavy atom. The van der Waals surface area contributed by atoms with Gasteiger partial charge in [-0.15, -0.1) is 5.10 Å². The monoisotopic (exact) mass is 423 g/mol. The Morgan fingerprint density at radius 3 is 2.74 bits per heavy atom. The number of carbonyl (C=O) groups is 1. The lowest BCUT2D eigenvalue weighted by molar-refractivity contribution is 0.0522. The first-order valence-corrected chi connectivity index (χ1v) is 9.53. The van der Waals surface area contributed by atoms with Gasteiger partial charge in [-0.05, 0) is 42.8 Å². The minimum Gasteiger partial charge on any atom is -0.487 e. The molecule has 0 aliphatic rings. The van der Waals surface area contributed by atoms with E-state index >= 15 is 0 Å². The quantitative estimate of drug-likeness (QED) is 0.332. The van der Waals surface area contributed by atoms with Crippen molar-refractivity contribution in [2.24, 2.45) is 0 Å². The molecule has 8 nitrogen and oxygen atoms in total. The van der Waals surface area contributed by atoms with E-state index in [-0.39, 0.29) is 30.2 Å². The molecule has 0 amide bonds. The van der Waals surface area contributed by atoms with Crippen molar-refractivity contribution in [2.45, 2.75) is 20.1 Å². The molecule has 0 N–H and O–H groups in total. The second kappa shape index (κ2) is 8.78. The summed E-state index contributed by atoms with van der Waals surface area (Å²) in [6.07, 6.45) is 1.73. The Bertz CT molecular complexity index is 1280. The van der Waals surface area contributed by atoms with Crippen LogP contribution in [0.25, 0.3) is 11.0 Å². The average Bonchev–Trinajstić information content (AvgIpc) is 3.20. The van der Waals surface area contributed by atoms with Crippen LogP contribution in [0.1, 0.15) is 28.5 Å². The van der Waals surface area contributed by atoms with E-state index in [0.717, 1.165) is 5.56 Å². The lowest BCUT2D eigenvalue weighted by atomic mass is 10.2. The van der Waals surface area contributed by atoms with Crippen LogP contribution in [-0.2, 0) is 17.9 Å². The Kier molecular flexibility index (Phi) is 5.74. The summed E-state index contributed by atoms with van der Waals surface area (Å²) in [5.74, 6) is -0.547. The van der Waals surface area contributed by atoms with E-state index in [9.17, 15) is 14.0 Å². The van der Waals surface area contributed by atoms with Crippen LogP contribution in [-0.4, -0.2) is 27.6 Å². The summed E-state index contributed by atoms with van der Waals surface area (Å²) in [4.78, 5) is 23.9. The molecule has 158 valence electrons. The van der Waals surface area contributed by atoms with E-state index < -0.39 is 11.6 Å². The van der Waals surface area contributed by atoms with Crippen molar-refractivity contribution in [3.8, 4) is 5.75 Å². The normalized spacial score (nSPS) is 10.9. The van der Waals surface area contributed by atoms with Gasteiger partial charge in [0.05, 0.1) is 19.3 Å². The van der Waals surface area contributed by atoms with Crippen molar-refractivity contribution in [3.63, 3.8) is 0 Å². The van der Waals surface area contributed by atoms with Crippen LogP contribution < -0.4 is 10.4 Å². The number of fused-ring (bicyclic) bond motifs is 1. The van der Waals surface area contributed by atoms with Gasteiger partial charge in [0.1, 0.15) is 35.0 Å². The van der Waals surface area contributed by atoms with Gasteiger partial charge in [-0.25, -0.2) is 18.7 Å². The average molecular weight is 423 g/mol. The second-order valence-corrected chi connectivity index (χ2v) is 6.69. The van der Waals surface area contributed by atoms with Gasteiger partial charge < -0.3 is 13.9 Å². The van der Waals surface area contributed by atoms with Crippen molar-refractivity contribution in [3.05, 3.63) is 87.8 Å². The van der Waals surface area contributed by atoms with Crippen LogP contribution in [0.4, 0.5) is 4.39 Å². The molecule has 0 saturated carbocycles. The van der Waals surface area contributed by atoms with Crippen LogP contribution in [0, 0.1) is 5.82 Å². The number of rotatable bonds is 7. The molecule has 0 bridgehead atoms. The molecule has 0 radical (unpaired) electrons. The van der Waals surface area contributed by atoms with Crippen molar-refractivity contribution >= 4 is 16.9 Å². The number of hydrogen-bond acceptors (Lipinski definition) is 7. The highest BCUT2D eigenvalue weighted by molar-refractivity contribution is 5.93. The summed E-state index contributed by atoms with van der Waals surface area (Å²) < 4.78 is 30.4. The summed E-state index contributed by atoms with van der Waals surface area (Å²) in [6.45, 7) is 2.43. The maximum Gasteiger partial charge on any atom is 0.351 e. The Morgan fingerprint density at radius 2 is 1.97 bits per heavy atom. The molecule has 0 fully saturated rings. The fraction of sp³-hybridized carbons (Fsp3) is 0.182. The number of nitrogens with zero attached hydrogens (tertiary/aromatic N) is 3. The van der Waals surface area contributed by atoms with Gasteiger partial charge >= 0.3 is 11.6 Å². The van der Waals surface area contributed by atoms with E-state index in [0.29, 0.717) is 23.4 Å². The van der Waals surface area contributed by atoms with Gasteiger partial charge in [0.25, 0.3) is 0 Å². The second-order valence-electron chi connectivity index (χ2n) is 6.69. The van der Waals surface area contributed by atoms with Gasteiger partial charge in [-0.1, -0.05) is 17.3 Å². The smallest absolute Gasteiger partial charge is 0.351 e. The van der Waals surface area contributed by atoms with Crippen LogP contribution >= 0.6 is 0 Å². The molecule has 9 heteroatoms. The number of benzene rings is 2. The summed E-state index contributed by atoms with van der Waals surface area (Å²) in [5, 5.41) is 8.67. The maximum absolute atomic E-state index is 13.0. The Hall–Kier alpha value is -4.01. The van der Waals surface area contributed by atoms with Crippen LogP contribution in [0.5, 0.6) is 5.75 Å². The van der Waals surface area contributed by atoms with E-state index in [1.807, 2.05) is 0 Å². The van der Waals surface area contributed by atoms with Gasteiger partial charge in [-0.2, -0.15) is 0 Å². The number of esters is 1.